The number of aryl methyl sites for hydroxylation is 1. The van der Waals surface area contributed by atoms with Crippen LogP contribution in [-0.4, -0.2) is 10.2 Å². The number of rotatable bonds is 1. The van der Waals surface area contributed by atoms with Gasteiger partial charge in [-0.25, -0.2) is 0 Å². The van der Waals surface area contributed by atoms with Crippen molar-refractivity contribution in [2.24, 2.45) is 0 Å². The topological polar surface area (TPSA) is 66.5 Å². The van der Waals surface area contributed by atoms with E-state index >= 15 is 0 Å². The van der Waals surface area contributed by atoms with Gasteiger partial charge in [0.25, 0.3) is 0 Å². The zero-order valence-corrected chi connectivity index (χ0v) is 8.94. The highest BCUT2D eigenvalue weighted by Gasteiger charge is 2.10. The molecule has 3 nitrogen and oxygen atoms in total. The van der Waals surface area contributed by atoms with Crippen molar-refractivity contribution in [1.82, 2.24) is 0 Å². The zero-order chi connectivity index (χ0) is 11.7. The number of nitrogen functional groups attached to an aromatic ring is 1. The molecule has 0 unspecified atom stereocenters. The van der Waals surface area contributed by atoms with Crippen molar-refractivity contribution in [3.05, 3.63) is 42.0 Å². The summed E-state index contributed by atoms with van der Waals surface area (Å²) in [5, 5.41) is 19.7. The summed E-state index contributed by atoms with van der Waals surface area (Å²) in [6, 6.07) is 10.2. The molecule has 2 rings (SSSR count). The third-order valence-electron chi connectivity index (χ3n) is 2.55. The Bertz CT molecular complexity index is 535. The number of para-hydroxylation sites is 1. The summed E-state index contributed by atoms with van der Waals surface area (Å²) in [5.41, 5.74) is 8.10. The normalized spacial score (nSPS) is 10.3. The molecule has 4 N–H and O–H groups in total. The molecule has 0 amide bonds. The Balaban J connectivity index is 2.67. The minimum Gasteiger partial charge on any atom is -0.507 e. The molecule has 3 heteroatoms. The minimum atomic E-state index is 0.107. The number of benzene rings is 2. The van der Waals surface area contributed by atoms with E-state index in [0.717, 1.165) is 5.56 Å². The van der Waals surface area contributed by atoms with Gasteiger partial charge in [0.2, 0.25) is 0 Å². The van der Waals surface area contributed by atoms with Gasteiger partial charge in [0.1, 0.15) is 11.5 Å². The summed E-state index contributed by atoms with van der Waals surface area (Å²) >= 11 is 0. The van der Waals surface area contributed by atoms with E-state index in [2.05, 4.69) is 0 Å². The number of anilines is 1. The molecule has 0 aromatic heterocycles. The lowest BCUT2D eigenvalue weighted by atomic mass is 10.0. The van der Waals surface area contributed by atoms with E-state index in [1.165, 1.54) is 6.07 Å². The molecule has 0 bridgehead atoms. The van der Waals surface area contributed by atoms with Crippen LogP contribution in [0.1, 0.15) is 5.56 Å². The van der Waals surface area contributed by atoms with Crippen LogP contribution in [0.15, 0.2) is 36.4 Å². The van der Waals surface area contributed by atoms with Gasteiger partial charge in [0.15, 0.2) is 0 Å². The van der Waals surface area contributed by atoms with Crippen LogP contribution in [0.25, 0.3) is 11.1 Å². The molecule has 2 aromatic rings. The highest BCUT2D eigenvalue weighted by molar-refractivity contribution is 5.78. The van der Waals surface area contributed by atoms with E-state index in [1.54, 1.807) is 18.2 Å². The van der Waals surface area contributed by atoms with Crippen LogP contribution in [0.4, 0.5) is 5.69 Å². The van der Waals surface area contributed by atoms with Gasteiger partial charge >= 0.3 is 0 Å². The highest BCUT2D eigenvalue weighted by Crippen LogP contribution is 2.37. The molecule has 0 heterocycles. The van der Waals surface area contributed by atoms with Crippen LogP contribution in [0.2, 0.25) is 0 Å². The van der Waals surface area contributed by atoms with E-state index in [-0.39, 0.29) is 11.5 Å². The van der Waals surface area contributed by atoms with Crippen molar-refractivity contribution < 1.29 is 10.2 Å². The smallest absolute Gasteiger partial charge is 0.126 e. The number of hydrogen-bond acceptors (Lipinski definition) is 3. The van der Waals surface area contributed by atoms with Crippen LogP contribution in [0.5, 0.6) is 11.5 Å². The van der Waals surface area contributed by atoms with Gasteiger partial charge in [-0.3, -0.25) is 0 Å². The molecule has 0 fully saturated rings. The van der Waals surface area contributed by atoms with E-state index in [4.69, 9.17) is 5.73 Å². The van der Waals surface area contributed by atoms with E-state index in [9.17, 15) is 10.2 Å². The van der Waals surface area contributed by atoms with Crippen LogP contribution < -0.4 is 5.73 Å². The number of hydrogen-bond donors (Lipinski definition) is 3. The average molecular weight is 215 g/mol. The van der Waals surface area contributed by atoms with Gasteiger partial charge in [-0.2, -0.15) is 0 Å². The quantitative estimate of drug-likeness (QED) is 0.506. The van der Waals surface area contributed by atoms with E-state index < -0.39 is 0 Å². The number of nitrogens with two attached hydrogens (primary N) is 1. The molecule has 0 aliphatic carbocycles. The Morgan fingerprint density at radius 2 is 1.75 bits per heavy atom. The predicted octanol–water partition coefficient (Wildman–Crippen LogP) is 2.66. The Labute approximate surface area is 93.8 Å². The van der Waals surface area contributed by atoms with Crippen molar-refractivity contribution in [2.45, 2.75) is 6.92 Å². The Morgan fingerprint density at radius 1 is 1.00 bits per heavy atom. The van der Waals surface area contributed by atoms with Crippen LogP contribution in [0, 0.1) is 6.92 Å². The number of aromatic hydroxyl groups is 2. The van der Waals surface area contributed by atoms with Gasteiger partial charge in [-0.1, -0.05) is 18.2 Å². The zero-order valence-electron chi connectivity index (χ0n) is 8.94. The predicted molar refractivity (Wildman–Crippen MR) is 64.4 cm³/mol. The molecule has 82 valence electrons. The lowest BCUT2D eigenvalue weighted by Gasteiger charge is -2.09. The number of phenols is 2. The van der Waals surface area contributed by atoms with Gasteiger partial charge < -0.3 is 15.9 Å². The van der Waals surface area contributed by atoms with Crippen LogP contribution in [-0.2, 0) is 0 Å². The molecule has 0 saturated carbocycles. The summed E-state index contributed by atoms with van der Waals surface area (Å²) in [6.45, 7) is 1.81. The molecule has 0 aliphatic rings. The largest absolute Gasteiger partial charge is 0.507 e. The maximum Gasteiger partial charge on any atom is 0.126 e. The molecule has 2 aromatic carbocycles. The number of phenolic OH excluding ortho intramolecular Hbond substituents is 2. The first kappa shape index (κ1) is 10.4. The lowest BCUT2D eigenvalue weighted by molar-refractivity contribution is 0.467. The lowest BCUT2D eigenvalue weighted by Crippen LogP contribution is -1.87. The summed E-state index contributed by atoms with van der Waals surface area (Å²) in [6.07, 6.45) is 0. The van der Waals surface area contributed by atoms with Gasteiger partial charge in [0.05, 0.1) is 0 Å². The summed E-state index contributed by atoms with van der Waals surface area (Å²) in [5.74, 6) is 0.276. The van der Waals surface area contributed by atoms with Gasteiger partial charge in [0, 0.05) is 16.8 Å². The second kappa shape index (κ2) is 3.77. The molecular formula is C13H13NO2. The fourth-order valence-electron chi connectivity index (χ4n) is 1.65. The van der Waals surface area contributed by atoms with Crippen LogP contribution in [0.3, 0.4) is 0 Å². The van der Waals surface area contributed by atoms with Crippen molar-refractivity contribution in [3.8, 4) is 22.6 Å². The first-order valence-corrected chi connectivity index (χ1v) is 4.97. The third-order valence-corrected chi connectivity index (χ3v) is 2.55. The summed E-state index contributed by atoms with van der Waals surface area (Å²) in [4.78, 5) is 0. The van der Waals surface area contributed by atoms with Crippen LogP contribution >= 0.6 is 0 Å². The molecule has 16 heavy (non-hydrogen) atoms. The van der Waals surface area contributed by atoms with Crippen molar-refractivity contribution in [3.63, 3.8) is 0 Å². The SMILES string of the molecule is Cc1cccc(-c2cc(N)ccc2O)c1O. The van der Waals surface area contributed by atoms with Crippen molar-refractivity contribution >= 4 is 5.69 Å². The fourth-order valence-corrected chi connectivity index (χ4v) is 1.65. The second-order valence-electron chi connectivity index (χ2n) is 3.75. The van der Waals surface area contributed by atoms with E-state index in [0.29, 0.717) is 16.8 Å². The van der Waals surface area contributed by atoms with Gasteiger partial charge in [-0.05, 0) is 30.7 Å². The molecule has 0 radical (unpaired) electrons. The molecule has 0 saturated heterocycles. The Hall–Kier alpha value is -2.16. The van der Waals surface area contributed by atoms with Gasteiger partial charge in [-0.15, -0.1) is 0 Å². The summed E-state index contributed by atoms with van der Waals surface area (Å²) < 4.78 is 0. The monoisotopic (exact) mass is 215 g/mol. The molecular weight excluding hydrogens is 202 g/mol. The first-order valence-electron chi connectivity index (χ1n) is 4.97. The second-order valence-corrected chi connectivity index (χ2v) is 3.75. The highest BCUT2D eigenvalue weighted by atomic mass is 16.3. The summed E-state index contributed by atoms with van der Waals surface area (Å²) in [7, 11) is 0. The third kappa shape index (κ3) is 1.67. The standard InChI is InChI=1S/C13H13NO2/c1-8-3-2-4-10(13(8)16)11-7-9(14)5-6-12(11)15/h2-7,15-16H,14H2,1H3. The average Bonchev–Trinajstić information content (AvgIpc) is 2.26. The Kier molecular flexibility index (Phi) is 2.44. The maximum atomic E-state index is 9.91. The van der Waals surface area contributed by atoms with Crippen molar-refractivity contribution in [1.29, 1.82) is 0 Å². The maximum absolute atomic E-state index is 9.91. The van der Waals surface area contributed by atoms with E-state index in [1.807, 2.05) is 19.1 Å². The molecule has 0 spiro atoms. The minimum absolute atomic E-state index is 0.107. The molecule has 0 atom stereocenters. The molecule has 0 aliphatic heterocycles. The van der Waals surface area contributed by atoms with Crippen molar-refractivity contribution in [2.75, 3.05) is 5.73 Å². The first-order chi connectivity index (χ1) is 7.59. The Morgan fingerprint density at radius 3 is 2.50 bits per heavy atom. The fraction of sp³-hybridized carbons (Fsp3) is 0.0769.